The summed E-state index contributed by atoms with van der Waals surface area (Å²) >= 11 is 0. The highest BCUT2D eigenvalue weighted by molar-refractivity contribution is 7.93. The molecule has 1 fully saturated rings. The molecule has 0 radical (unpaired) electrons. The van der Waals surface area contributed by atoms with Gasteiger partial charge in [0.2, 0.25) is 10.0 Å². The molecule has 0 aromatic carbocycles. The van der Waals surface area contributed by atoms with E-state index in [0.717, 1.165) is 31.6 Å². The Morgan fingerprint density at radius 3 is 2.61 bits per heavy atom. The minimum atomic E-state index is -3.21. The van der Waals surface area contributed by atoms with E-state index in [4.69, 9.17) is 0 Å². The van der Waals surface area contributed by atoms with Crippen LogP contribution in [-0.2, 0) is 10.0 Å². The highest BCUT2D eigenvalue weighted by Gasteiger charge is 2.34. The van der Waals surface area contributed by atoms with Crippen LogP contribution in [0.1, 0.15) is 26.2 Å². The number of nitrogens with one attached hydrogen (secondary N) is 1. The van der Waals surface area contributed by atoms with Gasteiger partial charge in [0.1, 0.15) is 5.82 Å². The van der Waals surface area contributed by atoms with Crippen molar-refractivity contribution >= 4 is 21.5 Å². The first-order chi connectivity index (χ1) is 8.55. The standard InChI is InChI=1S/C12H19N3O2S/c1-3-13-12-8-7-10(9-14-12)15(2)18(16,17)11-5-4-6-11/h7-9,11H,3-6H2,1-2H3,(H,13,14). The van der Waals surface area contributed by atoms with Crippen molar-refractivity contribution in [3.63, 3.8) is 0 Å². The molecule has 0 atom stereocenters. The van der Waals surface area contributed by atoms with Crippen molar-refractivity contribution < 1.29 is 8.42 Å². The van der Waals surface area contributed by atoms with Gasteiger partial charge in [-0.2, -0.15) is 0 Å². The molecule has 1 aromatic rings. The van der Waals surface area contributed by atoms with Gasteiger partial charge in [0.05, 0.1) is 17.1 Å². The summed E-state index contributed by atoms with van der Waals surface area (Å²) in [4.78, 5) is 4.19. The molecule has 1 aliphatic carbocycles. The molecule has 1 saturated carbocycles. The average molecular weight is 269 g/mol. The average Bonchev–Trinajstić information content (AvgIpc) is 2.26. The third-order valence-electron chi connectivity index (χ3n) is 3.32. The lowest BCUT2D eigenvalue weighted by molar-refractivity contribution is 0.476. The van der Waals surface area contributed by atoms with E-state index in [1.54, 1.807) is 25.4 Å². The number of rotatable bonds is 5. The van der Waals surface area contributed by atoms with Gasteiger partial charge in [-0.25, -0.2) is 13.4 Å². The quantitative estimate of drug-likeness (QED) is 0.886. The molecular formula is C12H19N3O2S. The molecule has 0 saturated heterocycles. The van der Waals surface area contributed by atoms with Crippen LogP contribution < -0.4 is 9.62 Å². The zero-order valence-corrected chi connectivity index (χ0v) is 11.6. The SMILES string of the molecule is CCNc1ccc(N(C)S(=O)(=O)C2CCC2)cn1. The molecule has 6 heteroatoms. The monoisotopic (exact) mass is 269 g/mol. The topological polar surface area (TPSA) is 62.3 Å². The van der Waals surface area contributed by atoms with Crippen molar-refractivity contribution in [2.45, 2.75) is 31.4 Å². The van der Waals surface area contributed by atoms with Gasteiger partial charge in [0.25, 0.3) is 0 Å². The summed E-state index contributed by atoms with van der Waals surface area (Å²) in [5.41, 5.74) is 0.614. The molecule has 0 spiro atoms. The molecule has 1 N–H and O–H groups in total. The van der Waals surface area contributed by atoms with Gasteiger partial charge in [-0.15, -0.1) is 0 Å². The molecular weight excluding hydrogens is 250 g/mol. The lowest BCUT2D eigenvalue weighted by Gasteiger charge is -2.30. The predicted molar refractivity (Wildman–Crippen MR) is 73.4 cm³/mol. The summed E-state index contributed by atoms with van der Waals surface area (Å²) in [6, 6.07) is 3.58. The molecule has 2 rings (SSSR count). The van der Waals surface area contributed by atoms with Crippen LogP contribution in [0.4, 0.5) is 11.5 Å². The first-order valence-electron chi connectivity index (χ1n) is 6.23. The number of pyridine rings is 1. The molecule has 1 aromatic heterocycles. The highest BCUT2D eigenvalue weighted by atomic mass is 32.2. The summed E-state index contributed by atoms with van der Waals surface area (Å²) in [5, 5.41) is 2.87. The Bertz CT molecular complexity index is 495. The van der Waals surface area contributed by atoms with Gasteiger partial charge >= 0.3 is 0 Å². The molecule has 0 aliphatic heterocycles. The van der Waals surface area contributed by atoms with Crippen molar-refractivity contribution in [3.05, 3.63) is 18.3 Å². The molecule has 1 heterocycles. The lowest BCUT2D eigenvalue weighted by atomic mass is 10.0. The normalized spacial score (nSPS) is 16.1. The van der Waals surface area contributed by atoms with Gasteiger partial charge in [-0.3, -0.25) is 4.31 Å². The maximum Gasteiger partial charge on any atom is 0.237 e. The van der Waals surface area contributed by atoms with Gasteiger partial charge < -0.3 is 5.32 Å². The minimum Gasteiger partial charge on any atom is -0.370 e. The number of sulfonamides is 1. The second kappa shape index (κ2) is 5.14. The van der Waals surface area contributed by atoms with Crippen molar-refractivity contribution in [1.29, 1.82) is 0 Å². The summed E-state index contributed by atoms with van der Waals surface area (Å²) < 4.78 is 25.8. The Balaban J connectivity index is 2.15. The zero-order chi connectivity index (χ0) is 13.2. The number of nitrogens with zero attached hydrogens (tertiary/aromatic N) is 2. The molecule has 18 heavy (non-hydrogen) atoms. The summed E-state index contributed by atoms with van der Waals surface area (Å²) in [7, 11) is -1.61. The van der Waals surface area contributed by atoms with E-state index in [1.165, 1.54) is 4.31 Å². The van der Waals surface area contributed by atoms with Crippen molar-refractivity contribution in [1.82, 2.24) is 4.98 Å². The van der Waals surface area contributed by atoms with Crippen LogP contribution in [0.15, 0.2) is 18.3 Å². The van der Waals surface area contributed by atoms with E-state index in [2.05, 4.69) is 10.3 Å². The third kappa shape index (κ3) is 2.43. The van der Waals surface area contributed by atoms with Crippen molar-refractivity contribution in [3.8, 4) is 0 Å². The Kier molecular flexibility index (Phi) is 3.75. The molecule has 0 bridgehead atoms. The Morgan fingerprint density at radius 2 is 2.17 bits per heavy atom. The predicted octanol–water partition coefficient (Wildman–Crippen LogP) is 1.83. The van der Waals surface area contributed by atoms with Crippen LogP contribution in [0.3, 0.4) is 0 Å². The summed E-state index contributed by atoms with van der Waals surface area (Å²) in [6.45, 7) is 2.78. The van der Waals surface area contributed by atoms with Crippen LogP contribution in [0, 0.1) is 0 Å². The fraction of sp³-hybridized carbons (Fsp3) is 0.583. The summed E-state index contributed by atoms with van der Waals surface area (Å²) in [5.74, 6) is 0.760. The van der Waals surface area contributed by atoms with E-state index in [1.807, 2.05) is 6.92 Å². The van der Waals surface area contributed by atoms with Crippen molar-refractivity contribution in [2.75, 3.05) is 23.2 Å². The molecule has 100 valence electrons. The van der Waals surface area contributed by atoms with Crippen LogP contribution in [0.25, 0.3) is 0 Å². The van der Waals surface area contributed by atoms with Crippen LogP contribution in [-0.4, -0.2) is 32.2 Å². The number of hydrogen-bond donors (Lipinski definition) is 1. The minimum absolute atomic E-state index is 0.212. The number of hydrogen-bond acceptors (Lipinski definition) is 4. The largest absolute Gasteiger partial charge is 0.370 e. The summed E-state index contributed by atoms with van der Waals surface area (Å²) in [6.07, 6.45) is 4.15. The van der Waals surface area contributed by atoms with E-state index in [0.29, 0.717) is 5.69 Å². The van der Waals surface area contributed by atoms with Crippen LogP contribution in [0.2, 0.25) is 0 Å². The fourth-order valence-corrected chi connectivity index (χ4v) is 3.68. The van der Waals surface area contributed by atoms with Crippen molar-refractivity contribution in [2.24, 2.45) is 0 Å². The van der Waals surface area contributed by atoms with E-state index >= 15 is 0 Å². The smallest absolute Gasteiger partial charge is 0.237 e. The van der Waals surface area contributed by atoms with E-state index < -0.39 is 10.0 Å². The van der Waals surface area contributed by atoms with Crippen LogP contribution in [0.5, 0.6) is 0 Å². The van der Waals surface area contributed by atoms with E-state index in [9.17, 15) is 8.42 Å². The Hall–Kier alpha value is -1.30. The second-order valence-corrected chi connectivity index (χ2v) is 6.74. The second-order valence-electron chi connectivity index (χ2n) is 4.50. The molecule has 1 aliphatic rings. The number of aromatic nitrogens is 1. The lowest BCUT2D eigenvalue weighted by Crippen LogP contribution is -2.39. The Morgan fingerprint density at radius 1 is 1.44 bits per heavy atom. The van der Waals surface area contributed by atoms with Crippen LogP contribution >= 0.6 is 0 Å². The molecule has 0 unspecified atom stereocenters. The Labute approximate surface area is 108 Å². The maximum atomic E-state index is 12.2. The maximum absolute atomic E-state index is 12.2. The number of anilines is 2. The van der Waals surface area contributed by atoms with Gasteiger partial charge in [0, 0.05) is 13.6 Å². The third-order valence-corrected chi connectivity index (χ3v) is 5.61. The first kappa shape index (κ1) is 13.1. The fourth-order valence-electron chi connectivity index (χ4n) is 1.90. The molecule has 0 amide bonds. The highest BCUT2D eigenvalue weighted by Crippen LogP contribution is 2.30. The first-order valence-corrected chi connectivity index (χ1v) is 7.73. The zero-order valence-electron chi connectivity index (χ0n) is 10.8. The van der Waals surface area contributed by atoms with Gasteiger partial charge in [-0.05, 0) is 31.9 Å². The van der Waals surface area contributed by atoms with Gasteiger partial charge in [-0.1, -0.05) is 6.42 Å². The molecule has 5 nitrogen and oxygen atoms in total. The van der Waals surface area contributed by atoms with Gasteiger partial charge in [0.15, 0.2) is 0 Å². The van der Waals surface area contributed by atoms with E-state index in [-0.39, 0.29) is 5.25 Å².